The zero-order valence-corrected chi connectivity index (χ0v) is 18.1. The standard InChI is InChI=1S/C21H22N6O5S/c28-20-13(11-24-33(30,31)32)8-17(21(20)29)25-18-5-7-23-19-9-16(26-27(18)19)15-3-1-2-12-10-22-6-4-14(12)15/h1-7,9-10,13,17,20-21,24-25,28-29H,8,11H2,(H,30,31,32)/t13-,17-,20-,21+/m1/s1. The van der Waals surface area contributed by atoms with Crippen LogP contribution < -0.4 is 10.0 Å². The number of hydrogen-bond acceptors (Lipinski definition) is 8. The summed E-state index contributed by atoms with van der Waals surface area (Å²) in [4.78, 5) is 8.54. The van der Waals surface area contributed by atoms with Crippen LogP contribution in [0.3, 0.4) is 0 Å². The molecule has 12 heteroatoms. The number of anilines is 1. The molecule has 1 aliphatic carbocycles. The molecule has 0 saturated heterocycles. The van der Waals surface area contributed by atoms with Crippen LogP contribution in [0.25, 0.3) is 27.7 Å². The molecule has 4 atom stereocenters. The molecule has 1 aromatic carbocycles. The Kier molecular flexibility index (Phi) is 5.46. The van der Waals surface area contributed by atoms with Crippen molar-refractivity contribution in [2.24, 2.45) is 5.92 Å². The molecule has 3 aromatic heterocycles. The molecule has 4 aromatic rings. The summed E-state index contributed by atoms with van der Waals surface area (Å²) < 4.78 is 34.4. The van der Waals surface area contributed by atoms with E-state index in [1.54, 1.807) is 29.2 Å². The van der Waals surface area contributed by atoms with Gasteiger partial charge in [-0.3, -0.25) is 9.54 Å². The van der Waals surface area contributed by atoms with E-state index in [4.69, 9.17) is 9.65 Å². The Balaban J connectivity index is 1.43. The molecule has 0 spiro atoms. The SMILES string of the molecule is O=S(=O)(O)NC[C@H]1C[C@@H](Nc2ccnc3cc(-c4cccc5cnccc45)nn23)[C@H](O)[C@@H]1O. The van der Waals surface area contributed by atoms with E-state index in [0.717, 1.165) is 22.0 Å². The van der Waals surface area contributed by atoms with Gasteiger partial charge in [0.1, 0.15) is 11.9 Å². The number of aromatic nitrogens is 4. The number of nitrogens with one attached hydrogen (secondary N) is 2. The minimum absolute atomic E-state index is 0.192. The first-order valence-electron chi connectivity index (χ1n) is 10.3. The Morgan fingerprint density at radius 1 is 1.12 bits per heavy atom. The molecule has 0 aliphatic heterocycles. The molecule has 0 radical (unpaired) electrons. The Hall–Kier alpha value is -3.16. The molecule has 5 rings (SSSR count). The van der Waals surface area contributed by atoms with Gasteiger partial charge in [0, 0.05) is 48.1 Å². The fourth-order valence-corrected chi connectivity index (χ4v) is 4.78. The van der Waals surface area contributed by atoms with Crippen LogP contribution in [0.1, 0.15) is 6.42 Å². The van der Waals surface area contributed by atoms with Gasteiger partial charge in [0.2, 0.25) is 0 Å². The number of rotatable bonds is 6. The van der Waals surface area contributed by atoms with Crippen molar-refractivity contribution in [1.82, 2.24) is 24.3 Å². The van der Waals surface area contributed by atoms with E-state index in [1.165, 1.54) is 0 Å². The summed E-state index contributed by atoms with van der Waals surface area (Å²) >= 11 is 0. The first-order chi connectivity index (χ1) is 15.8. The van der Waals surface area contributed by atoms with E-state index >= 15 is 0 Å². The Morgan fingerprint density at radius 3 is 2.79 bits per heavy atom. The van der Waals surface area contributed by atoms with Gasteiger partial charge in [-0.1, -0.05) is 18.2 Å². The van der Waals surface area contributed by atoms with Crippen molar-refractivity contribution in [3.63, 3.8) is 0 Å². The van der Waals surface area contributed by atoms with Crippen molar-refractivity contribution in [3.8, 4) is 11.3 Å². The average molecular weight is 471 g/mol. The monoisotopic (exact) mass is 470 g/mol. The highest BCUT2D eigenvalue weighted by molar-refractivity contribution is 7.83. The van der Waals surface area contributed by atoms with Gasteiger partial charge in [0.05, 0.1) is 17.8 Å². The van der Waals surface area contributed by atoms with E-state index < -0.39 is 34.5 Å². The van der Waals surface area contributed by atoms with Gasteiger partial charge >= 0.3 is 10.3 Å². The van der Waals surface area contributed by atoms with Gasteiger partial charge < -0.3 is 15.5 Å². The second-order valence-electron chi connectivity index (χ2n) is 8.08. The topological polar surface area (TPSA) is 162 Å². The van der Waals surface area contributed by atoms with Gasteiger partial charge in [-0.25, -0.2) is 4.98 Å². The fraction of sp³-hybridized carbons (Fsp3) is 0.286. The lowest BCUT2D eigenvalue weighted by atomic mass is 10.0. The normalized spacial score (nSPS) is 23.4. The third kappa shape index (κ3) is 4.26. The van der Waals surface area contributed by atoms with E-state index in [2.05, 4.69) is 15.3 Å². The summed E-state index contributed by atoms with van der Waals surface area (Å²) in [5, 5.41) is 30.7. The van der Waals surface area contributed by atoms with Crippen LogP contribution in [0.4, 0.5) is 5.82 Å². The maximum absolute atomic E-state index is 11.0. The van der Waals surface area contributed by atoms with Crippen molar-refractivity contribution in [3.05, 3.63) is 55.0 Å². The summed E-state index contributed by atoms with van der Waals surface area (Å²) in [5.41, 5.74) is 2.24. The lowest BCUT2D eigenvalue weighted by molar-refractivity contribution is 0.0184. The second-order valence-corrected chi connectivity index (χ2v) is 9.32. The molecule has 0 bridgehead atoms. The largest absolute Gasteiger partial charge is 0.390 e. The van der Waals surface area contributed by atoms with E-state index in [0.29, 0.717) is 11.5 Å². The molecular weight excluding hydrogens is 448 g/mol. The number of pyridine rings is 1. The van der Waals surface area contributed by atoms with Gasteiger partial charge in [-0.15, -0.1) is 0 Å². The van der Waals surface area contributed by atoms with Gasteiger partial charge in [-0.05, 0) is 23.9 Å². The molecule has 0 amide bonds. The Labute approximate surface area is 189 Å². The van der Waals surface area contributed by atoms with Crippen molar-refractivity contribution in [2.75, 3.05) is 11.9 Å². The number of aliphatic hydroxyl groups excluding tert-OH is 2. The van der Waals surface area contributed by atoms with Crippen LogP contribution in [0.2, 0.25) is 0 Å². The van der Waals surface area contributed by atoms with E-state index in [1.807, 2.05) is 35.1 Å². The number of fused-ring (bicyclic) bond motifs is 2. The van der Waals surface area contributed by atoms with Gasteiger partial charge in [-0.2, -0.15) is 22.8 Å². The fourth-order valence-electron chi connectivity index (χ4n) is 4.35. The number of nitrogens with zero attached hydrogens (tertiary/aromatic N) is 4. The van der Waals surface area contributed by atoms with Crippen LogP contribution >= 0.6 is 0 Å². The summed E-state index contributed by atoms with van der Waals surface area (Å²) in [6, 6.07) is 10.8. The molecule has 5 N–H and O–H groups in total. The maximum Gasteiger partial charge on any atom is 0.333 e. The van der Waals surface area contributed by atoms with Crippen LogP contribution in [-0.2, 0) is 10.3 Å². The predicted octanol–water partition coefficient (Wildman–Crippen LogP) is 0.859. The molecule has 172 valence electrons. The molecule has 1 aliphatic rings. The molecule has 0 unspecified atom stereocenters. The summed E-state index contributed by atoms with van der Waals surface area (Å²) in [6.45, 7) is -0.192. The highest BCUT2D eigenvalue weighted by Crippen LogP contribution is 2.31. The van der Waals surface area contributed by atoms with Crippen molar-refractivity contribution in [1.29, 1.82) is 0 Å². The molecule has 11 nitrogen and oxygen atoms in total. The van der Waals surface area contributed by atoms with Crippen molar-refractivity contribution >= 4 is 32.5 Å². The van der Waals surface area contributed by atoms with Crippen LogP contribution in [0.5, 0.6) is 0 Å². The maximum atomic E-state index is 11.0. The van der Waals surface area contributed by atoms with Gasteiger partial charge in [0.25, 0.3) is 0 Å². The molecule has 1 fully saturated rings. The third-order valence-electron chi connectivity index (χ3n) is 5.98. The Bertz CT molecular complexity index is 1420. The summed E-state index contributed by atoms with van der Waals surface area (Å²) in [7, 11) is -4.39. The average Bonchev–Trinajstić information content (AvgIpc) is 3.34. The molecular formula is C21H22N6O5S. The Morgan fingerprint density at radius 2 is 1.97 bits per heavy atom. The number of aliphatic hydroxyl groups is 2. The van der Waals surface area contributed by atoms with E-state index in [-0.39, 0.29) is 13.0 Å². The van der Waals surface area contributed by atoms with E-state index in [9.17, 15) is 18.6 Å². The summed E-state index contributed by atoms with van der Waals surface area (Å²) in [5.74, 6) is -0.0120. The van der Waals surface area contributed by atoms with Crippen molar-refractivity contribution in [2.45, 2.75) is 24.7 Å². The number of hydrogen-bond donors (Lipinski definition) is 5. The lowest BCUT2D eigenvalue weighted by Gasteiger charge is -2.19. The predicted molar refractivity (Wildman–Crippen MR) is 121 cm³/mol. The number of benzene rings is 1. The zero-order chi connectivity index (χ0) is 23.2. The third-order valence-corrected chi connectivity index (χ3v) is 6.51. The summed E-state index contributed by atoms with van der Waals surface area (Å²) in [6.07, 6.45) is 3.12. The molecule has 3 heterocycles. The zero-order valence-electron chi connectivity index (χ0n) is 17.3. The molecule has 1 saturated carbocycles. The highest BCUT2D eigenvalue weighted by Gasteiger charge is 2.41. The van der Waals surface area contributed by atoms with Gasteiger partial charge in [0.15, 0.2) is 5.65 Å². The lowest BCUT2D eigenvalue weighted by Crippen LogP contribution is -2.37. The smallest absolute Gasteiger partial charge is 0.333 e. The minimum Gasteiger partial charge on any atom is -0.390 e. The van der Waals surface area contributed by atoms with Crippen LogP contribution in [0.15, 0.2) is 55.0 Å². The van der Waals surface area contributed by atoms with Crippen molar-refractivity contribution < 1.29 is 23.2 Å². The second kappa shape index (κ2) is 8.32. The molecule has 33 heavy (non-hydrogen) atoms. The first-order valence-corrected chi connectivity index (χ1v) is 11.8. The quantitative estimate of drug-likeness (QED) is 0.257. The van der Waals surface area contributed by atoms with Crippen LogP contribution in [0, 0.1) is 5.92 Å². The highest BCUT2D eigenvalue weighted by atomic mass is 32.2. The minimum atomic E-state index is -4.39. The first kappa shape index (κ1) is 21.7. The van der Waals surface area contributed by atoms with Crippen LogP contribution in [-0.4, -0.2) is 67.6 Å².